The average molecular weight is 562 g/mol. The molecule has 1 heterocycles. The van der Waals surface area contributed by atoms with E-state index in [2.05, 4.69) is 10.9 Å². The van der Waals surface area contributed by atoms with Gasteiger partial charge in [-0.15, -0.1) is 6.42 Å². The molecule has 3 rings (SSSR count). The van der Waals surface area contributed by atoms with Crippen molar-refractivity contribution in [2.45, 2.75) is 55.9 Å². The van der Waals surface area contributed by atoms with Gasteiger partial charge in [-0.3, -0.25) is 4.79 Å². The first-order valence-corrected chi connectivity index (χ1v) is 16.1. The largest absolute Gasteiger partial charge is 0.305 e. The topological polar surface area (TPSA) is 106 Å². The number of unbranched alkanes of at least 4 members (excludes halogenated alkanes) is 2. The lowest BCUT2D eigenvalue weighted by atomic mass is 10.2. The number of fused-ring (bicyclic) bond motifs is 1. The molecule has 3 aromatic rings. The van der Waals surface area contributed by atoms with Crippen molar-refractivity contribution >= 4 is 47.3 Å². The van der Waals surface area contributed by atoms with E-state index in [0.717, 1.165) is 43.3 Å². The molecule has 0 saturated carbocycles. The number of nitrogens with zero attached hydrogens (tertiary/aromatic N) is 3. The minimum absolute atomic E-state index is 0.133. The van der Waals surface area contributed by atoms with Gasteiger partial charge in [-0.2, -0.15) is 9.30 Å². The Morgan fingerprint density at radius 1 is 1.00 bits per heavy atom. The standard InChI is InChI=1S/C26H31N3O5S3/c1-5-8-17-28(18-9-6-2)37(33,34)21-12-10-20(11-13-21)25(30)27-26-29(16-7-3)23-15-14-22(36(4,31)32)19-24(23)35-26/h3,10-15,19H,5-6,8-9,16-18H2,1-2,4H3. The minimum atomic E-state index is -3.68. The van der Waals surface area contributed by atoms with Gasteiger partial charge in [-0.05, 0) is 55.3 Å². The fourth-order valence-corrected chi connectivity index (χ4v) is 7.01. The molecular weight excluding hydrogens is 531 g/mol. The van der Waals surface area contributed by atoms with Crippen molar-refractivity contribution in [2.75, 3.05) is 19.3 Å². The molecule has 11 heteroatoms. The van der Waals surface area contributed by atoms with Gasteiger partial charge >= 0.3 is 0 Å². The van der Waals surface area contributed by atoms with Crippen molar-refractivity contribution in [3.63, 3.8) is 0 Å². The van der Waals surface area contributed by atoms with E-state index in [4.69, 9.17) is 6.42 Å². The molecule has 0 atom stereocenters. The van der Waals surface area contributed by atoms with Crippen LogP contribution in [0.3, 0.4) is 0 Å². The summed E-state index contributed by atoms with van der Waals surface area (Å²) in [7, 11) is -7.08. The van der Waals surface area contributed by atoms with Crippen LogP contribution in [0.5, 0.6) is 0 Å². The van der Waals surface area contributed by atoms with Gasteiger partial charge in [0.1, 0.15) is 0 Å². The third kappa shape index (κ3) is 6.76. The van der Waals surface area contributed by atoms with E-state index in [9.17, 15) is 21.6 Å². The number of hydrogen-bond donors (Lipinski definition) is 0. The zero-order valence-electron chi connectivity index (χ0n) is 21.2. The summed E-state index contributed by atoms with van der Waals surface area (Å²) >= 11 is 1.16. The molecule has 37 heavy (non-hydrogen) atoms. The third-order valence-corrected chi connectivity index (χ3v) is 9.85. The zero-order chi connectivity index (χ0) is 27.2. The maximum absolute atomic E-state index is 13.2. The lowest BCUT2D eigenvalue weighted by Crippen LogP contribution is -2.33. The number of sulfonamides is 1. The Kier molecular flexibility index (Phi) is 9.47. The zero-order valence-corrected chi connectivity index (χ0v) is 23.6. The van der Waals surface area contributed by atoms with Crippen molar-refractivity contribution in [2.24, 2.45) is 4.99 Å². The Bertz CT molecular complexity index is 1590. The normalized spacial score (nSPS) is 12.8. The van der Waals surface area contributed by atoms with Crippen LogP contribution < -0.4 is 4.80 Å². The molecule has 0 spiro atoms. The van der Waals surface area contributed by atoms with Crippen LogP contribution in [0.25, 0.3) is 10.2 Å². The van der Waals surface area contributed by atoms with E-state index in [-0.39, 0.29) is 21.9 Å². The first kappa shape index (κ1) is 28.8. The minimum Gasteiger partial charge on any atom is -0.305 e. The number of thiazole rings is 1. The Morgan fingerprint density at radius 2 is 1.59 bits per heavy atom. The molecule has 1 amide bonds. The maximum Gasteiger partial charge on any atom is 0.279 e. The smallest absolute Gasteiger partial charge is 0.279 e. The number of aromatic nitrogens is 1. The summed E-state index contributed by atoms with van der Waals surface area (Å²) in [6.45, 7) is 5.09. The van der Waals surface area contributed by atoms with Crippen LogP contribution in [-0.2, 0) is 26.4 Å². The lowest BCUT2D eigenvalue weighted by Gasteiger charge is -2.22. The average Bonchev–Trinajstić information content (AvgIpc) is 3.19. The summed E-state index contributed by atoms with van der Waals surface area (Å²) in [5.74, 6) is 1.98. The molecule has 1 aromatic heterocycles. The Morgan fingerprint density at radius 3 is 2.14 bits per heavy atom. The highest BCUT2D eigenvalue weighted by molar-refractivity contribution is 7.90. The first-order chi connectivity index (χ1) is 17.5. The summed E-state index contributed by atoms with van der Waals surface area (Å²) < 4.78 is 54.1. The van der Waals surface area contributed by atoms with Crippen LogP contribution in [0.1, 0.15) is 49.9 Å². The molecule has 0 N–H and O–H groups in total. The summed E-state index contributed by atoms with van der Waals surface area (Å²) in [5.41, 5.74) is 0.900. The molecule has 0 aliphatic carbocycles. The van der Waals surface area contributed by atoms with E-state index in [1.807, 2.05) is 13.8 Å². The van der Waals surface area contributed by atoms with Crippen LogP contribution in [0.15, 0.2) is 57.2 Å². The second-order valence-corrected chi connectivity index (χ2v) is 13.6. The van der Waals surface area contributed by atoms with Gasteiger partial charge in [0.15, 0.2) is 14.6 Å². The highest BCUT2D eigenvalue weighted by Gasteiger charge is 2.24. The molecule has 0 radical (unpaired) electrons. The van der Waals surface area contributed by atoms with Crippen molar-refractivity contribution in [3.8, 4) is 12.3 Å². The van der Waals surface area contributed by atoms with Crippen molar-refractivity contribution in [1.29, 1.82) is 0 Å². The van der Waals surface area contributed by atoms with E-state index < -0.39 is 25.8 Å². The third-order valence-electron chi connectivity index (χ3n) is 5.79. The summed E-state index contributed by atoms with van der Waals surface area (Å²) in [6.07, 6.45) is 9.97. The van der Waals surface area contributed by atoms with Crippen LogP contribution in [0.2, 0.25) is 0 Å². The first-order valence-electron chi connectivity index (χ1n) is 12.0. The number of hydrogen-bond acceptors (Lipinski definition) is 6. The van der Waals surface area contributed by atoms with Crippen molar-refractivity contribution in [1.82, 2.24) is 8.87 Å². The predicted octanol–water partition coefficient (Wildman–Crippen LogP) is 4.07. The summed E-state index contributed by atoms with van der Waals surface area (Å²) in [4.78, 5) is 17.8. The molecule has 2 aromatic carbocycles. The van der Waals surface area contributed by atoms with Crippen LogP contribution in [0.4, 0.5) is 0 Å². The highest BCUT2D eigenvalue weighted by Crippen LogP contribution is 2.22. The number of rotatable bonds is 11. The molecule has 0 fully saturated rings. The van der Waals surface area contributed by atoms with Crippen LogP contribution in [-0.4, -0.2) is 51.0 Å². The van der Waals surface area contributed by atoms with Gasteiger partial charge in [0, 0.05) is 24.9 Å². The number of benzene rings is 2. The molecule has 0 aliphatic rings. The van der Waals surface area contributed by atoms with Crippen molar-refractivity contribution < 1.29 is 21.6 Å². The number of sulfone groups is 1. The fraction of sp³-hybridized carbons (Fsp3) is 0.385. The lowest BCUT2D eigenvalue weighted by molar-refractivity contribution is 0.0997. The molecule has 0 bridgehead atoms. The van der Waals surface area contributed by atoms with Gasteiger partial charge in [-0.25, -0.2) is 16.8 Å². The Hall–Kier alpha value is -2.78. The fourth-order valence-electron chi connectivity index (χ4n) is 3.70. The number of amides is 1. The monoisotopic (exact) mass is 561 g/mol. The van der Waals surface area contributed by atoms with Gasteiger partial charge in [0.2, 0.25) is 10.0 Å². The molecule has 0 unspecified atom stereocenters. The van der Waals surface area contributed by atoms with Gasteiger partial charge in [-0.1, -0.05) is 43.9 Å². The quantitative estimate of drug-likeness (QED) is 0.328. The number of carbonyl (C=O) groups is 1. The van der Waals surface area contributed by atoms with Gasteiger partial charge < -0.3 is 4.57 Å². The molecule has 198 valence electrons. The van der Waals surface area contributed by atoms with Crippen molar-refractivity contribution in [3.05, 3.63) is 52.8 Å². The van der Waals surface area contributed by atoms with E-state index in [1.54, 1.807) is 10.6 Å². The SMILES string of the molecule is C#CCn1c(=NC(=O)c2ccc(S(=O)(=O)N(CCCC)CCCC)cc2)sc2cc(S(C)(=O)=O)ccc21. The number of carbonyl (C=O) groups excluding carboxylic acids is 1. The van der Waals surface area contributed by atoms with E-state index >= 15 is 0 Å². The second-order valence-electron chi connectivity index (χ2n) is 8.63. The Balaban J connectivity index is 1.96. The maximum atomic E-state index is 13.2. The predicted molar refractivity (Wildman–Crippen MR) is 147 cm³/mol. The second kappa shape index (κ2) is 12.2. The molecule has 0 saturated heterocycles. The molecule has 8 nitrogen and oxygen atoms in total. The van der Waals surface area contributed by atoms with Gasteiger partial charge in [0.05, 0.1) is 26.6 Å². The Labute approximate surface area is 222 Å². The molecule has 0 aliphatic heterocycles. The number of terminal acetylenes is 1. The highest BCUT2D eigenvalue weighted by atomic mass is 32.2. The van der Waals surface area contributed by atoms with Gasteiger partial charge in [0.25, 0.3) is 5.91 Å². The van der Waals surface area contributed by atoms with E-state index in [1.165, 1.54) is 40.7 Å². The summed E-state index contributed by atoms with van der Waals surface area (Å²) in [5, 5.41) is 0. The molecular formula is C26H31N3O5S3. The van der Waals surface area contributed by atoms with Crippen LogP contribution in [0, 0.1) is 12.3 Å². The van der Waals surface area contributed by atoms with Crippen LogP contribution >= 0.6 is 11.3 Å². The summed E-state index contributed by atoms with van der Waals surface area (Å²) in [6, 6.07) is 10.4. The van der Waals surface area contributed by atoms with E-state index in [0.29, 0.717) is 28.1 Å².